The summed E-state index contributed by atoms with van der Waals surface area (Å²) in [4.78, 5) is 35.8. The number of nitrogens with two attached hydrogens (primary N) is 1. The van der Waals surface area contributed by atoms with E-state index in [9.17, 15) is 14.4 Å². The van der Waals surface area contributed by atoms with Crippen LogP contribution in [-0.2, 0) is 9.53 Å². The predicted octanol–water partition coefficient (Wildman–Crippen LogP) is 2.09. The Morgan fingerprint density at radius 1 is 1.19 bits per heavy atom. The smallest absolute Gasteiger partial charge is 0.342 e. The van der Waals surface area contributed by atoms with Crippen molar-refractivity contribution >= 4 is 40.8 Å². The van der Waals surface area contributed by atoms with Gasteiger partial charge in [-0.25, -0.2) is 4.79 Å². The fraction of sp³-hybridized carbons (Fsp3) is 0.167. The van der Waals surface area contributed by atoms with Crippen molar-refractivity contribution in [3.05, 3.63) is 52.5 Å². The molecule has 0 saturated carbocycles. The van der Waals surface area contributed by atoms with Crippen LogP contribution in [0.2, 0.25) is 5.02 Å². The first-order valence-electron chi connectivity index (χ1n) is 7.77. The maximum Gasteiger partial charge on any atom is 0.342 e. The first-order valence-corrected chi connectivity index (χ1v) is 8.15. The molecule has 4 N–H and O–H groups in total. The van der Waals surface area contributed by atoms with E-state index in [2.05, 4.69) is 10.6 Å². The van der Waals surface area contributed by atoms with Crippen LogP contribution in [0.4, 0.5) is 11.4 Å². The first kappa shape index (κ1) is 20.1. The van der Waals surface area contributed by atoms with Crippen LogP contribution in [0.25, 0.3) is 0 Å². The second-order valence-electron chi connectivity index (χ2n) is 5.36. The van der Waals surface area contributed by atoms with Crippen LogP contribution in [0.15, 0.2) is 36.4 Å². The number of amides is 2. The lowest BCUT2D eigenvalue weighted by Gasteiger charge is -2.11. The number of benzene rings is 2. The van der Waals surface area contributed by atoms with Crippen molar-refractivity contribution in [2.45, 2.75) is 0 Å². The van der Waals surface area contributed by atoms with E-state index in [4.69, 9.17) is 26.8 Å². The first-order chi connectivity index (χ1) is 12.8. The van der Waals surface area contributed by atoms with Gasteiger partial charge in [-0.05, 0) is 24.3 Å². The molecular formula is C18H18ClN3O5. The number of ether oxygens (including phenoxy) is 2. The Morgan fingerprint density at radius 2 is 1.93 bits per heavy atom. The van der Waals surface area contributed by atoms with Gasteiger partial charge in [-0.3, -0.25) is 9.59 Å². The molecule has 0 atom stereocenters. The summed E-state index contributed by atoms with van der Waals surface area (Å²) >= 11 is 5.91. The second-order valence-corrected chi connectivity index (χ2v) is 5.77. The summed E-state index contributed by atoms with van der Waals surface area (Å²) < 4.78 is 10.1. The molecule has 0 bridgehead atoms. The molecule has 0 saturated heterocycles. The second kappa shape index (κ2) is 8.91. The lowest BCUT2D eigenvalue weighted by Crippen LogP contribution is -2.22. The monoisotopic (exact) mass is 391 g/mol. The summed E-state index contributed by atoms with van der Waals surface area (Å²) in [7, 11) is 2.87. The van der Waals surface area contributed by atoms with E-state index in [1.54, 1.807) is 18.2 Å². The van der Waals surface area contributed by atoms with Crippen molar-refractivity contribution in [3.63, 3.8) is 0 Å². The highest BCUT2D eigenvalue weighted by Crippen LogP contribution is 2.29. The molecule has 0 unspecified atom stereocenters. The van der Waals surface area contributed by atoms with E-state index < -0.39 is 18.5 Å². The zero-order valence-corrected chi connectivity index (χ0v) is 15.4. The highest BCUT2D eigenvalue weighted by atomic mass is 35.5. The van der Waals surface area contributed by atoms with Crippen molar-refractivity contribution in [1.29, 1.82) is 0 Å². The van der Waals surface area contributed by atoms with Crippen LogP contribution < -0.4 is 21.1 Å². The largest absolute Gasteiger partial charge is 0.496 e. The highest BCUT2D eigenvalue weighted by molar-refractivity contribution is 6.33. The molecule has 0 heterocycles. The van der Waals surface area contributed by atoms with Gasteiger partial charge in [-0.1, -0.05) is 17.7 Å². The van der Waals surface area contributed by atoms with E-state index >= 15 is 0 Å². The fourth-order valence-electron chi connectivity index (χ4n) is 2.19. The third kappa shape index (κ3) is 5.11. The number of carbonyl (C=O) groups excluding carboxylic acids is 3. The van der Waals surface area contributed by atoms with E-state index in [0.29, 0.717) is 11.3 Å². The number of esters is 1. The Hall–Kier alpha value is -3.26. The topological polar surface area (TPSA) is 120 Å². The predicted molar refractivity (Wildman–Crippen MR) is 101 cm³/mol. The molecule has 8 nitrogen and oxygen atoms in total. The highest BCUT2D eigenvalue weighted by Gasteiger charge is 2.18. The van der Waals surface area contributed by atoms with Gasteiger partial charge in [0.25, 0.3) is 11.8 Å². The van der Waals surface area contributed by atoms with Gasteiger partial charge in [-0.2, -0.15) is 0 Å². The Balaban J connectivity index is 2.01. The molecule has 0 aliphatic heterocycles. The normalized spacial score (nSPS) is 10.0. The number of carbonyl (C=O) groups is 3. The fourth-order valence-corrected chi connectivity index (χ4v) is 2.35. The zero-order valence-electron chi connectivity index (χ0n) is 14.7. The summed E-state index contributed by atoms with van der Waals surface area (Å²) in [6, 6.07) is 9.03. The summed E-state index contributed by atoms with van der Waals surface area (Å²) in [6.07, 6.45) is 0. The van der Waals surface area contributed by atoms with E-state index in [0.717, 1.165) is 0 Å². The summed E-state index contributed by atoms with van der Waals surface area (Å²) in [5.41, 5.74) is 6.73. The van der Waals surface area contributed by atoms with Gasteiger partial charge in [0.2, 0.25) is 0 Å². The number of methoxy groups -OCH3 is 1. The molecule has 0 radical (unpaired) electrons. The van der Waals surface area contributed by atoms with E-state index in [1.165, 1.54) is 32.4 Å². The summed E-state index contributed by atoms with van der Waals surface area (Å²) in [6.45, 7) is -0.534. The minimum Gasteiger partial charge on any atom is -0.496 e. The van der Waals surface area contributed by atoms with Gasteiger partial charge >= 0.3 is 5.97 Å². The van der Waals surface area contributed by atoms with Crippen LogP contribution in [0, 0.1) is 0 Å². The average Bonchev–Trinajstić information content (AvgIpc) is 2.67. The molecule has 0 aromatic heterocycles. The Kier molecular flexibility index (Phi) is 6.62. The van der Waals surface area contributed by atoms with Crippen LogP contribution in [0.1, 0.15) is 20.7 Å². The van der Waals surface area contributed by atoms with Crippen molar-refractivity contribution < 1.29 is 23.9 Å². The number of hydrogen-bond donors (Lipinski definition) is 3. The maximum absolute atomic E-state index is 12.2. The molecule has 2 amide bonds. The molecule has 9 heteroatoms. The van der Waals surface area contributed by atoms with Crippen molar-refractivity contribution in [3.8, 4) is 5.75 Å². The van der Waals surface area contributed by atoms with Crippen LogP contribution in [0.3, 0.4) is 0 Å². The third-order valence-corrected chi connectivity index (χ3v) is 3.84. The van der Waals surface area contributed by atoms with Crippen LogP contribution in [-0.4, -0.2) is 38.5 Å². The van der Waals surface area contributed by atoms with Crippen LogP contribution in [0.5, 0.6) is 5.75 Å². The van der Waals surface area contributed by atoms with Gasteiger partial charge in [0.05, 0.1) is 17.8 Å². The number of rotatable bonds is 6. The Morgan fingerprint density at radius 3 is 2.59 bits per heavy atom. The molecule has 0 fully saturated rings. The number of anilines is 2. The average molecular weight is 392 g/mol. The van der Waals surface area contributed by atoms with E-state index in [-0.39, 0.29) is 27.9 Å². The summed E-state index contributed by atoms with van der Waals surface area (Å²) in [5.74, 6) is -1.47. The molecular weight excluding hydrogens is 374 g/mol. The minimum absolute atomic E-state index is 0.0473. The molecule has 2 aromatic rings. The van der Waals surface area contributed by atoms with Crippen molar-refractivity contribution in [2.24, 2.45) is 0 Å². The maximum atomic E-state index is 12.2. The molecule has 0 aliphatic carbocycles. The molecule has 0 spiro atoms. The number of halogens is 1. The third-order valence-electron chi connectivity index (χ3n) is 3.51. The quantitative estimate of drug-likeness (QED) is 0.512. The van der Waals surface area contributed by atoms with Gasteiger partial charge in [0.1, 0.15) is 11.3 Å². The Bertz CT molecular complexity index is 885. The Labute approximate surface area is 160 Å². The van der Waals surface area contributed by atoms with Gasteiger partial charge in [-0.15, -0.1) is 0 Å². The molecule has 2 aromatic carbocycles. The molecule has 2 rings (SSSR count). The zero-order chi connectivity index (χ0) is 20.0. The lowest BCUT2D eigenvalue weighted by molar-refractivity contribution is -0.119. The molecule has 142 valence electrons. The van der Waals surface area contributed by atoms with Gasteiger partial charge in [0, 0.05) is 24.4 Å². The number of nitrogen functional groups attached to an aromatic ring is 1. The molecule has 27 heavy (non-hydrogen) atoms. The van der Waals surface area contributed by atoms with Gasteiger partial charge in [0.15, 0.2) is 6.61 Å². The van der Waals surface area contributed by atoms with Crippen molar-refractivity contribution in [1.82, 2.24) is 5.32 Å². The summed E-state index contributed by atoms with van der Waals surface area (Å²) in [5, 5.41) is 5.20. The standard InChI is InChI=1S/C18H18ClN3O5/c1-21-17(24)10-4-3-5-11(6-10)22-16(23)9-27-18(25)12-7-13(19)14(20)8-15(12)26-2/h3-8H,9,20H2,1-2H3,(H,21,24)(H,22,23). The number of nitrogens with one attached hydrogen (secondary N) is 2. The minimum atomic E-state index is -0.789. The van der Waals surface area contributed by atoms with Crippen LogP contribution >= 0.6 is 11.6 Å². The number of hydrogen-bond acceptors (Lipinski definition) is 6. The van der Waals surface area contributed by atoms with Crippen molar-refractivity contribution in [2.75, 3.05) is 31.8 Å². The SMILES string of the molecule is CNC(=O)c1cccc(NC(=O)COC(=O)c2cc(Cl)c(N)cc2OC)c1. The lowest BCUT2D eigenvalue weighted by atomic mass is 10.2. The van der Waals surface area contributed by atoms with Gasteiger partial charge < -0.3 is 25.8 Å². The van der Waals surface area contributed by atoms with E-state index in [1.807, 2.05) is 0 Å². The molecule has 0 aliphatic rings.